The maximum Gasteiger partial charge on any atom is 0.296 e. The molecule has 5 nitrogen and oxygen atoms in total. The highest BCUT2D eigenvalue weighted by Crippen LogP contribution is 2.36. The lowest BCUT2D eigenvalue weighted by Gasteiger charge is -2.20. The van der Waals surface area contributed by atoms with Gasteiger partial charge in [-0.1, -0.05) is 11.6 Å². The molecule has 1 fully saturated rings. The van der Waals surface area contributed by atoms with E-state index in [0.29, 0.717) is 35.8 Å². The molecular weight excluding hydrogens is 256 g/mol. The summed E-state index contributed by atoms with van der Waals surface area (Å²) in [5, 5.41) is 12.5. The molecule has 18 heavy (non-hydrogen) atoms. The number of rotatable bonds is 1. The second-order valence-electron chi connectivity index (χ2n) is 4.52. The maximum atomic E-state index is 11.5. The molecule has 2 heterocycles. The molecule has 2 aliphatic heterocycles. The van der Waals surface area contributed by atoms with Gasteiger partial charge in [0.1, 0.15) is 0 Å². The Bertz CT molecular complexity index is 558. The molecule has 0 radical (unpaired) electrons. The van der Waals surface area contributed by atoms with Crippen LogP contribution >= 0.6 is 11.6 Å². The number of carbonyl (C=O) groups is 2. The Hall–Kier alpha value is -1.59. The van der Waals surface area contributed by atoms with Gasteiger partial charge in [-0.25, -0.2) is 0 Å². The van der Waals surface area contributed by atoms with Crippen molar-refractivity contribution in [3.8, 4) is 0 Å². The fraction of sp³-hybridized carbons (Fsp3) is 0.333. The smallest absolute Gasteiger partial charge is 0.296 e. The van der Waals surface area contributed by atoms with Crippen molar-refractivity contribution >= 4 is 34.7 Å². The number of aliphatic hydroxyl groups is 1. The zero-order valence-electron chi connectivity index (χ0n) is 9.44. The number of anilines is 2. The number of hydrogen-bond donors (Lipinski definition) is 2. The third kappa shape index (κ3) is 1.67. The molecule has 0 aliphatic carbocycles. The minimum absolute atomic E-state index is 0.313. The Labute approximate surface area is 108 Å². The van der Waals surface area contributed by atoms with Gasteiger partial charge in [-0.3, -0.25) is 9.59 Å². The number of amides is 1. The Morgan fingerprint density at radius 2 is 2.17 bits per heavy atom. The number of carbonyl (C=O) groups excluding carboxylic acids is 2. The molecule has 0 saturated carbocycles. The number of nitrogens with zero attached hydrogens (tertiary/aromatic N) is 1. The summed E-state index contributed by atoms with van der Waals surface area (Å²) in [6.07, 6.45) is 0.337. The minimum Gasteiger partial charge on any atom is -0.391 e. The van der Waals surface area contributed by atoms with Gasteiger partial charge in [-0.05, 0) is 18.6 Å². The first-order chi connectivity index (χ1) is 8.56. The summed E-state index contributed by atoms with van der Waals surface area (Å²) in [5.74, 6) is -1.18. The highest BCUT2D eigenvalue weighted by atomic mass is 35.5. The SMILES string of the molecule is O=C1Nc2cc(N3CCC(O)C3)c(Cl)cc2C1=O. The molecule has 1 atom stereocenters. The number of aliphatic hydroxyl groups excluding tert-OH is 1. The minimum atomic E-state index is -0.625. The third-order valence-corrected chi connectivity index (χ3v) is 3.59. The average Bonchev–Trinajstić information content (AvgIpc) is 2.86. The average molecular weight is 267 g/mol. The molecule has 1 saturated heterocycles. The van der Waals surface area contributed by atoms with E-state index in [-0.39, 0.29) is 6.10 Å². The van der Waals surface area contributed by atoms with E-state index in [1.54, 1.807) is 6.07 Å². The third-order valence-electron chi connectivity index (χ3n) is 3.29. The van der Waals surface area contributed by atoms with Gasteiger partial charge in [0.05, 0.1) is 28.1 Å². The van der Waals surface area contributed by atoms with E-state index in [2.05, 4.69) is 5.32 Å². The van der Waals surface area contributed by atoms with Crippen LogP contribution in [0.4, 0.5) is 11.4 Å². The Morgan fingerprint density at radius 1 is 1.39 bits per heavy atom. The maximum absolute atomic E-state index is 11.5. The van der Waals surface area contributed by atoms with Crippen LogP contribution in [0.15, 0.2) is 12.1 Å². The van der Waals surface area contributed by atoms with Crippen molar-refractivity contribution in [2.75, 3.05) is 23.3 Å². The molecule has 6 heteroatoms. The molecular formula is C12H11ClN2O3. The van der Waals surface area contributed by atoms with Crippen molar-refractivity contribution in [2.24, 2.45) is 0 Å². The summed E-state index contributed by atoms with van der Waals surface area (Å²) in [4.78, 5) is 24.7. The van der Waals surface area contributed by atoms with E-state index in [1.165, 1.54) is 6.07 Å². The quantitative estimate of drug-likeness (QED) is 0.746. The van der Waals surface area contributed by atoms with Crippen LogP contribution < -0.4 is 10.2 Å². The van der Waals surface area contributed by atoms with Crippen LogP contribution in [0.1, 0.15) is 16.8 Å². The van der Waals surface area contributed by atoms with Gasteiger partial charge in [-0.15, -0.1) is 0 Å². The highest BCUT2D eigenvalue weighted by molar-refractivity contribution is 6.52. The van der Waals surface area contributed by atoms with Crippen molar-refractivity contribution in [1.82, 2.24) is 0 Å². The summed E-state index contributed by atoms with van der Waals surface area (Å²) < 4.78 is 0. The molecule has 0 aromatic heterocycles. The number of benzene rings is 1. The van der Waals surface area contributed by atoms with Crippen molar-refractivity contribution in [3.63, 3.8) is 0 Å². The normalized spacial score (nSPS) is 22.3. The lowest BCUT2D eigenvalue weighted by atomic mass is 10.1. The summed E-state index contributed by atoms with van der Waals surface area (Å²) in [6.45, 7) is 1.22. The largest absolute Gasteiger partial charge is 0.391 e. The first-order valence-corrected chi connectivity index (χ1v) is 6.06. The standard InChI is InChI=1S/C12H11ClN2O3/c13-8-3-7-9(14-12(18)11(7)17)4-10(8)15-2-1-6(16)5-15/h3-4,6,16H,1-2,5H2,(H,14,17,18). The van der Waals surface area contributed by atoms with Crippen molar-refractivity contribution < 1.29 is 14.7 Å². The Kier molecular flexibility index (Phi) is 2.53. The molecule has 2 N–H and O–H groups in total. The summed E-state index contributed by atoms with van der Waals surface area (Å²) in [6, 6.07) is 3.20. The van der Waals surface area contributed by atoms with Gasteiger partial charge in [-0.2, -0.15) is 0 Å². The molecule has 1 unspecified atom stereocenters. The second-order valence-corrected chi connectivity index (χ2v) is 4.93. The van der Waals surface area contributed by atoms with Gasteiger partial charge >= 0.3 is 0 Å². The first kappa shape index (κ1) is 11.5. The molecule has 1 aromatic carbocycles. The van der Waals surface area contributed by atoms with E-state index in [1.807, 2.05) is 4.90 Å². The van der Waals surface area contributed by atoms with Gasteiger partial charge in [0.15, 0.2) is 0 Å². The van der Waals surface area contributed by atoms with Gasteiger partial charge in [0, 0.05) is 13.1 Å². The summed E-state index contributed by atoms with van der Waals surface area (Å²) in [7, 11) is 0. The predicted octanol–water partition coefficient (Wildman–Crippen LogP) is 1.05. The van der Waals surface area contributed by atoms with Crippen LogP contribution in [0.3, 0.4) is 0 Å². The van der Waals surface area contributed by atoms with E-state index < -0.39 is 11.7 Å². The van der Waals surface area contributed by atoms with Crippen LogP contribution in [0.5, 0.6) is 0 Å². The molecule has 0 bridgehead atoms. The number of hydrogen-bond acceptors (Lipinski definition) is 4. The number of Topliss-reactive ketones (excluding diaryl/α,β-unsaturated/α-hetero) is 1. The van der Waals surface area contributed by atoms with Gasteiger partial charge in [0.25, 0.3) is 11.7 Å². The fourth-order valence-electron chi connectivity index (χ4n) is 2.36. The van der Waals surface area contributed by atoms with Crippen LogP contribution in [0.2, 0.25) is 5.02 Å². The van der Waals surface area contributed by atoms with E-state index >= 15 is 0 Å². The topological polar surface area (TPSA) is 69.6 Å². The number of β-amino-alcohol motifs (C(OH)–C–C–N with tert-alkyl or cyclic N) is 1. The van der Waals surface area contributed by atoms with Crippen molar-refractivity contribution in [1.29, 1.82) is 0 Å². The molecule has 0 spiro atoms. The summed E-state index contributed by atoms with van der Waals surface area (Å²) in [5.41, 5.74) is 1.54. The lowest BCUT2D eigenvalue weighted by Crippen LogP contribution is -2.21. The number of ketones is 1. The highest BCUT2D eigenvalue weighted by Gasteiger charge is 2.31. The van der Waals surface area contributed by atoms with Crippen LogP contribution in [-0.4, -0.2) is 36.0 Å². The van der Waals surface area contributed by atoms with E-state index in [0.717, 1.165) is 5.69 Å². The van der Waals surface area contributed by atoms with E-state index in [4.69, 9.17) is 11.6 Å². The van der Waals surface area contributed by atoms with Gasteiger partial charge < -0.3 is 15.3 Å². The summed E-state index contributed by atoms with van der Waals surface area (Å²) >= 11 is 6.13. The zero-order chi connectivity index (χ0) is 12.9. The van der Waals surface area contributed by atoms with Crippen LogP contribution in [0, 0.1) is 0 Å². The van der Waals surface area contributed by atoms with E-state index in [9.17, 15) is 14.7 Å². The molecule has 3 rings (SSSR count). The number of halogens is 1. The first-order valence-electron chi connectivity index (χ1n) is 5.68. The Morgan fingerprint density at radius 3 is 2.83 bits per heavy atom. The van der Waals surface area contributed by atoms with Crippen molar-refractivity contribution in [2.45, 2.75) is 12.5 Å². The van der Waals surface area contributed by atoms with Crippen molar-refractivity contribution in [3.05, 3.63) is 22.7 Å². The van der Waals surface area contributed by atoms with Crippen LogP contribution in [-0.2, 0) is 4.79 Å². The molecule has 2 aliphatic rings. The molecule has 1 amide bonds. The molecule has 94 valence electrons. The number of nitrogens with one attached hydrogen (secondary N) is 1. The second kappa shape index (κ2) is 3.96. The zero-order valence-corrected chi connectivity index (χ0v) is 10.2. The van der Waals surface area contributed by atoms with Gasteiger partial charge in [0.2, 0.25) is 0 Å². The van der Waals surface area contributed by atoms with Crippen LogP contribution in [0.25, 0.3) is 0 Å². The number of fused-ring (bicyclic) bond motifs is 1. The lowest BCUT2D eigenvalue weighted by molar-refractivity contribution is -0.112. The monoisotopic (exact) mass is 266 g/mol. The predicted molar refractivity (Wildman–Crippen MR) is 67.2 cm³/mol. The fourth-order valence-corrected chi connectivity index (χ4v) is 2.64. The Balaban J connectivity index is 2.01. The molecule has 1 aromatic rings.